The molecule has 3 heterocycles. The number of ether oxygens (including phenoxy) is 2. The van der Waals surface area contributed by atoms with Crippen molar-refractivity contribution >= 4 is 33.3 Å². The van der Waals surface area contributed by atoms with E-state index in [1.807, 2.05) is 18.2 Å². The maximum atomic E-state index is 13.6. The summed E-state index contributed by atoms with van der Waals surface area (Å²) in [5.74, 6) is 1.82. The van der Waals surface area contributed by atoms with Crippen molar-refractivity contribution in [2.45, 2.75) is 30.7 Å². The molecular formula is C26H32ClN3O4S. The van der Waals surface area contributed by atoms with E-state index in [1.165, 1.54) is 11.1 Å². The highest BCUT2D eigenvalue weighted by molar-refractivity contribution is 7.89. The molecule has 0 aliphatic carbocycles. The fraction of sp³-hybridized carbons (Fsp3) is 0.423. The number of rotatable bonds is 6. The smallest absolute Gasteiger partial charge is 0.245 e. The first-order valence-electron chi connectivity index (χ1n) is 11.8. The molecule has 1 atom stereocenters. The lowest BCUT2D eigenvalue weighted by molar-refractivity contribution is 0.167. The van der Waals surface area contributed by atoms with Gasteiger partial charge in [-0.1, -0.05) is 18.2 Å². The molecule has 0 radical (unpaired) electrons. The topological polar surface area (TPSA) is 72.0 Å². The van der Waals surface area contributed by atoms with Crippen LogP contribution in [0.2, 0.25) is 0 Å². The predicted molar refractivity (Wildman–Crippen MR) is 139 cm³/mol. The average molecular weight is 518 g/mol. The zero-order valence-electron chi connectivity index (χ0n) is 20.1. The third kappa shape index (κ3) is 5.11. The Kier molecular flexibility index (Phi) is 7.86. The summed E-state index contributed by atoms with van der Waals surface area (Å²) in [5.41, 5.74) is 3.10. The van der Waals surface area contributed by atoms with Crippen molar-refractivity contribution in [2.24, 2.45) is 5.92 Å². The summed E-state index contributed by atoms with van der Waals surface area (Å²) >= 11 is 0. The van der Waals surface area contributed by atoms with Gasteiger partial charge in [0, 0.05) is 44.3 Å². The zero-order valence-corrected chi connectivity index (χ0v) is 21.8. The largest absolute Gasteiger partial charge is 0.493 e. The molecule has 0 amide bonds. The number of nitrogens with zero attached hydrogens (tertiary/aromatic N) is 3. The van der Waals surface area contributed by atoms with Gasteiger partial charge in [-0.25, -0.2) is 8.42 Å². The zero-order chi connectivity index (χ0) is 23.7. The van der Waals surface area contributed by atoms with Gasteiger partial charge in [0.15, 0.2) is 11.5 Å². The summed E-state index contributed by atoms with van der Waals surface area (Å²) in [5, 5.41) is 0.844. The van der Waals surface area contributed by atoms with E-state index < -0.39 is 10.0 Å². The van der Waals surface area contributed by atoms with Crippen LogP contribution < -0.4 is 9.47 Å². The number of sulfonamides is 1. The number of fused-ring (bicyclic) bond motifs is 2. The van der Waals surface area contributed by atoms with Gasteiger partial charge >= 0.3 is 0 Å². The Morgan fingerprint density at radius 2 is 1.77 bits per heavy atom. The van der Waals surface area contributed by atoms with Crippen LogP contribution in [-0.4, -0.2) is 63.0 Å². The first kappa shape index (κ1) is 25.7. The quantitative estimate of drug-likeness (QED) is 0.489. The van der Waals surface area contributed by atoms with E-state index in [-0.39, 0.29) is 12.4 Å². The van der Waals surface area contributed by atoms with Crippen molar-refractivity contribution in [3.8, 4) is 11.5 Å². The first-order valence-corrected chi connectivity index (χ1v) is 13.2. The second-order valence-electron chi connectivity index (χ2n) is 9.16. The van der Waals surface area contributed by atoms with E-state index in [0.717, 1.165) is 55.8 Å². The molecule has 5 rings (SSSR count). The summed E-state index contributed by atoms with van der Waals surface area (Å²) in [6.07, 6.45) is 4.51. The third-order valence-corrected chi connectivity index (χ3v) is 8.91. The lowest BCUT2D eigenvalue weighted by Gasteiger charge is -2.37. The SMILES string of the molecule is COc1cc2c(cc1OC)CN(CC1CCCN(S(=O)(=O)c3cccc4cccnc34)C1)CC2.Cl. The molecular weight excluding hydrogens is 486 g/mol. The van der Waals surface area contributed by atoms with Crippen molar-refractivity contribution in [2.75, 3.05) is 40.4 Å². The maximum Gasteiger partial charge on any atom is 0.245 e. The third-order valence-electron chi connectivity index (χ3n) is 7.01. The van der Waals surface area contributed by atoms with Crippen LogP contribution in [-0.2, 0) is 23.0 Å². The number of para-hydroxylation sites is 1. The van der Waals surface area contributed by atoms with Crippen molar-refractivity contribution in [3.63, 3.8) is 0 Å². The van der Waals surface area contributed by atoms with Crippen LogP contribution in [0.3, 0.4) is 0 Å². The number of aromatic nitrogens is 1. The first-order chi connectivity index (χ1) is 16.5. The fourth-order valence-electron chi connectivity index (χ4n) is 5.28. The standard InChI is InChI=1S/C26H31N3O4S.ClH/c1-32-23-14-21-10-13-28(18-22(21)15-24(23)33-2)16-19-6-5-12-29(17-19)34(30,31)25-9-3-7-20-8-4-11-27-26(20)25;/h3-4,7-9,11,14-15,19H,5-6,10,12-13,16-18H2,1-2H3;1H. The lowest BCUT2D eigenvalue weighted by atomic mass is 9.95. The second kappa shape index (κ2) is 10.7. The predicted octanol–water partition coefficient (Wildman–Crippen LogP) is 4.13. The number of piperidine rings is 1. The number of benzene rings is 2. The van der Waals surface area contributed by atoms with Crippen LogP contribution in [0.1, 0.15) is 24.0 Å². The van der Waals surface area contributed by atoms with E-state index in [2.05, 4.69) is 22.0 Å². The van der Waals surface area contributed by atoms with Crippen LogP contribution in [0.4, 0.5) is 0 Å². The molecule has 1 aromatic heterocycles. The molecule has 0 saturated carbocycles. The molecule has 35 heavy (non-hydrogen) atoms. The van der Waals surface area contributed by atoms with Crippen LogP contribution in [0, 0.1) is 5.92 Å². The Morgan fingerprint density at radius 1 is 1.03 bits per heavy atom. The summed E-state index contributed by atoms with van der Waals surface area (Å²) in [7, 11) is -0.283. The van der Waals surface area contributed by atoms with Crippen molar-refractivity contribution in [1.82, 2.24) is 14.2 Å². The molecule has 1 unspecified atom stereocenters. The van der Waals surface area contributed by atoms with Gasteiger partial charge in [-0.3, -0.25) is 9.88 Å². The van der Waals surface area contributed by atoms with Gasteiger partial charge in [0.2, 0.25) is 10.0 Å². The molecule has 0 spiro atoms. The monoisotopic (exact) mass is 517 g/mol. The minimum atomic E-state index is -3.61. The lowest BCUT2D eigenvalue weighted by Crippen LogP contribution is -2.44. The van der Waals surface area contributed by atoms with Gasteiger partial charge in [-0.2, -0.15) is 4.31 Å². The summed E-state index contributed by atoms with van der Waals surface area (Å²) in [6.45, 7) is 3.78. The van der Waals surface area contributed by atoms with Gasteiger partial charge in [0.05, 0.1) is 19.7 Å². The van der Waals surface area contributed by atoms with E-state index in [1.54, 1.807) is 36.9 Å². The minimum absolute atomic E-state index is 0. The Bertz CT molecular complexity index is 1300. The number of hydrogen-bond donors (Lipinski definition) is 0. The highest BCUT2D eigenvalue weighted by Crippen LogP contribution is 2.34. The molecule has 0 bridgehead atoms. The molecule has 188 valence electrons. The second-order valence-corrected chi connectivity index (χ2v) is 11.1. The molecule has 2 aliphatic heterocycles. The van der Waals surface area contributed by atoms with Crippen LogP contribution in [0.25, 0.3) is 10.9 Å². The van der Waals surface area contributed by atoms with E-state index >= 15 is 0 Å². The number of halogens is 1. The van der Waals surface area contributed by atoms with Crippen LogP contribution in [0.5, 0.6) is 11.5 Å². The van der Waals surface area contributed by atoms with Gasteiger partial charge in [0.1, 0.15) is 4.90 Å². The Labute approximate surface area is 213 Å². The number of pyridine rings is 1. The Hall–Kier alpha value is -2.39. The normalized spacial score (nSPS) is 19.1. The molecule has 0 N–H and O–H groups in total. The van der Waals surface area contributed by atoms with Crippen LogP contribution in [0.15, 0.2) is 53.6 Å². The highest BCUT2D eigenvalue weighted by atomic mass is 35.5. The van der Waals surface area contributed by atoms with Gasteiger partial charge in [0.25, 0.3) is 0 Å². The number of methoxy groups -OCH3 is 2. The maximum absolute atomic E-state index is 13.6. The van der Waals surface area contributed by atoms with Gasteiger partial charge < -0.3 is 9.47 Å². The van der Waals surface area contributed by atoms with E-state index in [9.17, 15) is 8.42 Å². The fourth-order valence-corrected chi connectivity index (χ4v) is 7.00. The molecule has 9 heteroatoms. The van der Waals surface area contributed by atoms with E-state index in [0.29, 0.717) is 29.4 Å². The number of hydrogen-bond acceptors (Lipinski definition) is 6. The van der Waals surface area contributed by atoms with Crippen LogP contribution >= 0.6 is 12.4 Å². The van der Waals surface area contributed by atoms with Crippen molar-refractivity contribution in [3.05, 3.63) is 59.8 Å². The molecule has 2 aliphatic rings. The molecule has 2 aromatic carbocycles. The van der Waals surface area contributed by atoms with Crippen molar-refractivity contribution < 1.29 is 17.9 Å². The molecule has 3 aromatic rings. The summed E-state index contributed by atoms with van der Waals surface area (Å²) in [6, 6.07) is 13.3. The minimum Gasteiger partial charge on any atom is -0.493 e. The van der Waals surface area contributed by atoms with E-state index in [4.69, 9.17) is 9.47 Å². The molecule has 1 fully saturated rings. The van der Waals surface area contributed by atoms with Gasteiger partial charge in [-0.15, -0.1) is 12.4 Å². The Morgan fingerprint density at radius 3 is 2.54 bits per heavy atom. The molecule has 1 saturated heterocycles. The average Bonchev–Trinajstić information content (AvgIpc) is 2.87. The summed E-state index contributed by atoms with van der Waals surface area (Å²) in [4.78, 5) is 7.11. The van der Waals surface area contributed by atoms with Crippen molar-refractivity contribution in [1.29, 1.82) is 0 Å². The van der Waals surface area contributed by atoms with Gasteiger partial charge in [-0.05, 0) is 60.6 Å². The molecule has 7 nitrogen and oxygen atoms in total. The highest BCUT2D eigenvalue weighted by Gasteiger charge is 2.33. The Balaban J connectivity index is 0.00000289. The summed E-state index contributed by atoms with van der Waals surface area (Å²) < 4.78 is 39.8.